The minimum Gasteiger partial charge on any atom is -0.386 e. The molecule has 1 aromatic carbocycles. The molecule has 1 atom stereocenters. The molecule has 0 fully saturated rings. The summed E-state index contributed by atoms with van der Waals surface area (Å²) in [5, 5.41) is 16.4. The van der Waals surface area contributed by atoms with E-state index in [1.165, 1.54) is 18.2 Å². The Kier molecular flexibility index (Phi) is 5.87. The molecule has 124 valence electrons. The molecule has 0 saturated carbocycles. The number of aliphatic hydroxyl groups is 1. The van der Waals surface area contributed by atoms with Crippen LogP contribution in [0, 0.1) is 5.82 Å². The predicted molar refractivity (Wildman–Crippen MR) is 83.5 cm³/mol. The van der Waals surface area contributed by atoms with Crippen LogP contribution in [0.5, 0.6) is 0 Å². The highest BCUT2D eigenvalue weighted by molar-refractivity contribution is 5.91. The fourth-order valence-corrected chi connectivity index (χ4v) is 2.43. The molecular formula is C17H21FN2O3. The average molecular weight is 320 g/mol. The van der Waals surface area contributed by atoms with Crippen molar-refractivity contribution in [3.8, 4) is 0 Å². The fourth-order valence-electron chi connectivity index (χ4n) is 2.43. The molecule has 23 heavy (non-hydrogen) atoms. The van der Waals surface area contributed by atoms with E-state index in [1.54, 1.807) is 12.1 Å². The summed E-state index contributed by atoms with van der Waals surface area (Å²) in [6.07, 6.45) is 0.702. The zero-order valence-electron chi connectivity index (χ0n) is 13.3. The smallest absolute Gasteiger partial charge is 0.290 e. The first-order valence-corrected chi connectivity index (χ1v) is 7.74. The Labute approximate surface area is 134 Å². The SMILES string of the molecule is CCC(CC)c1cc(C(=O)NCC(O)c2ccccc2F)on1. The van der Waals surface area contributed by atoms with E-state index in [2.05, 4.69) is 10.5 Å². The van der Waals surface area contributed by atoms with Gasteiger partial charge in [-0.2, -0.15) is 0 Å². The van der Waals surface area contributed by atoms with Crippen molar-refractivity contribution in [2.45, 2.75) is 38.7 Å². The molecule has 0 saturated heterocycles. The highest BCUT2D eigenvalue weighted by atomic mass is 19.1. The summed E-state index contributed by atoms with van der Waals surface area (Å²) in [4.78, 5) is 12.0. The number of carbonyl (C=O) groups excluding carboxylic acids is 1. The van der Waals surface area contributed by atoms with Gasteiger partial charge in [0, 0.05) is 24.1 Å². The molecule has 6 heteroatoms. The van der Waals surface area contributed by atoms with Crippen molar-refractivity contribution in [3.05, 3.63) is 53.2 Å². The van der Waals surface area contributed by atoms with E-state index in [0.717, 1.165) is 18.5 Å². The number of rotatable bonds is 7. The number of nitrogens with one attached hydrogen (secondary N) is 1. The quantitative estimate of drug-likeness (QED) is 0.821. The standard InChI is InChI=1S/C17H21FN2O3/c1-3-11(4-2)14-9-16(23-20-14)17(22)19-10-15(21)12-7-5-6-8-13(12)18/h5-9,11,15,21H,3-4,10H2,1-2H3,(H,19,22). The topological polar surface area (TPSA) is 75.4 Å². The van der Waals surface area contributed by atoms with Crippen LogP contribution >= 0.6 is 0 Å². The average Bonchev–Trinajstić information content (AvgIpc) is 3.04. The van der Waals surface area contributed by atoms with Gasteiger partial charge in [0.15, 0.2) is 0 Å². The molecule has 2 rings (SSSR count). The second kappa shape index (κ2) is 7.87. The zero-order valence-corrected chi connectivity index (χ0v) is 13.3. The van der Waals surface area contributed by atoms with Gasteiger partial charge in [0.1, 0.15) is 5.82 Å². The summed E-state index contributed by atoms with van der Waals surface area (Å²) < 4.78 is 18.6. The van der Waals surface area contributed by atoms with Crippen molar-refractivity contribution in [1.29, 1.82) is 0 Å². The fraction of sp³-hybridized carbons (Fsp3) is 0.412. The van der Waals surface area contributed by atoms with Gasteiger partial charge in [-0.15, -0.1) is 0 Å². The Morgan fingerprint density at radius 3 is 2.70 bits per heavy atom. The number of carbonyl (C=O) groups is 1. The highest BCUT2D eigenvalue weighted by Gasteiger charge is 2.19. The van der Waals surface area contributed by atoms with Crippen LogP contribution in [0.15, 0.2) is 34.9 Å². The molecule has 1 amide bonds. The molecule has 0 radical (unpaired) electrons. The first-order chi connectivity index (χ1) is 11.1. The monoisotopic (exact) mass is 320 g/mol. The number of benzene rings is 1. The molecule has 2 aromatic rings. The van der Waals surface area contributed by atoms with Crippen LogP contribution in [0.25, 0.3) is 0 Å². The Bertz CT molecular complexity index is 653. The number of hydrogen-bond acceptors (Lipinski definition) is 4. The lowest BCUT2D eigenvalue weighted by Gasteiger charge is -2.12. The van der Waals surface area contributed by atoms with Crippen molar-refractivity contribution in [1.82, 2.24) is 10.5 Å². The molecule has 1 unspecified atom stereocenters. The van der Waals surface area contributed by atoms with Gasteiger partial charge in [-0.1, -0.05) is 37.2 Å². The molecule has 0 aliphatic carbocycles. The minimum atomic E-state index is -1.12. The number of halogens is 1. The third kappa shape index (κ3) is 4.16. The molecule has 1 heterocycles. The number of hydrogen-bond donors (Lipinski definition) is 2. The van der Waals surface area contributed by atoms with Gasteiger partial charge in [0.25, 0.3) is 5.91 Å². The summed E-state index contributed by atoms with van der Waals surface area (Å²) in [6.45, 7) is 3.99. The third-order valence-electron chi connectivity index (χ3n) is 3.88. The number of nitrogens with zero attached hydrogens (tertiary/aromatic N) is 1. The van der Waals surface area contributed by atoms with Crippen LogP contribution in [-0.4, -0.2) is 22.7 Å². The molecule has 0 bridgehead atoms. The van der Waals surface area contributed by atoms with Gasteiger partial charge in [-0.05, 0) is 18.9 Å². The lowest BCUT2D eigenvalue weighted by molar-refractivity contribution is 0.0878. The Balaban J connectivity index is 1.96. The van der Waals surface area contributed by atoms with Crippen molar-refractivity contribution in [2.75, 3.05) is 6.54 Å². The van der Waals surface area contributed by atoms with Crippen LogP contribution in [0.3, 0.4) is 0 Å². The molecule has 1 aromatic heterocycles. The first kappa shape index (κ1) is 17.1. The van der Waals surface area contributed by atoms with Gasteiger partial charge in [0.05, 0.1) is 11.8 Å². The molecular weight excluding hydrogens is 299 g/mol. The van der Waals surface area contributed by atoms with Crippen LogP contribution in [0.2, 0.25) is 0 Å². The summed E-state index contributed by atoms with van der Waals surface area (Å²) in [5.74, 6) is -0.646. The van der Waals surface area contributed by atoms with E-state index >= 15 is 0 Å². The zero-order chi connectivity index (χ0) is 16.8. The van der Waals surface area contributed by atoms with Crippen LogP contribution in [0.1, 0.15) is 60.5 Å². The molecule has 2 N–H and O–H groups in total. The molecule has 0 aliphatic rings. The predicted octanol–water partition coefficient (Wildman–Crippen LogP) is 3.18. The highest BCUT2D eigenvalue weighted by Crippen LogP contribution is 2.22. The van der Waals surface area contributed by atoms with E-state index in [1.807, 2.05) is 13.8 Å². The Hall–Kier alpha value is -2.21. The maximum absolute atomic E-state index is 13.6. The number of aromatic nitrogens is 1. The summed E-state index contributed by atoms with van der Waals surface area (Å²) >= 11 is 0. The normalized spacial score (nSPS) is 12.4. The lowest BCUT2D eigenvalue weighted by atomic mass is 9.99. The van der Waals surface area contributed by atoms with Gasteiger partial charge >= 0.3 is 0 Å². The van der Waals surface area contributed by atoms with Gasteiger partial charge in [0.2, 0.25) is 5.76 Å². The van der Waals surface area contributed by atoms with E-state index < -0.39 is 17.8 Å². The number of aliphatic hydroxyl groups excluding tert-OH is 1. The number of amides is 1. The summed E-state index contributed by atoms with van der Waals surface area (Å²) in [7, 11) is 0. The van der Waals surface area contributed by atoms with Gasteiger partial charge in [-0.3, -0.25) is 4.79 Å². The van der Waals surface area contributed by atoms with Crippen LogP contribution in [-0.2, 0) is 0 Å². The Morgan fingerprint density at radius 1 is 1.35 bits per heavy atom. The van der Waals surface area contributed by atoms with E-state index in [4.69, 9.17) is 4.52 Å². The lowest BCUT2D eigenvalue weighted by Crippen LogP contribution is -2.28. The third-order valence-corrected chi connectivity index (χ3v) is 3.88. The maximum Gasteiger partial charge on any atom is 0.290 e. The second-order valence-corrected chi connectivity index (χ2v) is 5.38. The molecule has 0 aliphatic heterocycles. The molecule has 0 spiro atoms. The van der Waals surface area contributed by atoms with Crippen molar-refractivity contribution >= 4 is 5.91 Å². The second-order valence-electron chi connectivity index (χ2n) is 5.38. The largest absolute Gasteiger partial charge is 0.386 e. The van der Waals surface area contributed by atoms with Crippen molar-refractivity contribution < 1.29 is 18.8 Å². The van der Waals surface area contributed by atoms with E-state index in [0.29, 0.717) is 0 Å². The summed E-state index contributed by atoms with van der Waals surface area (Å²) in [5.41, 5.74) is 0.887. The summed E-state index contributed by atoms with van der Waals surface area (Å²) in [6, 6.07) is 7.52. The van der Waals surface area contributed by atoms with E-state index in [9.17, 15) is 14.3 Å². The van der Waals surface area contributed by atoms with Crippen molar-refractivity contribution in [2.24, 2.45) is 0 Å². The Morgan fingerprint density at radius 2 is 2.04 bits per heavy atom. The first-order valence-electron chi connectivity index (χ1n) is 7.74. The maximum atomic E-state index is 13.6. The van der Waals surface area contributed by atoms with Crippen LogP contribution in [0.4, 0.5) is 4.39 Å². The minimum absolute atomic E-state index is 0.0904. The molecule has 5 nitrogen and oxygen atoms in total. The van der Waals surface area contributed by atoms with Gasteiger partial charge < -0.3 is 14.9 Å². The van der Waals surface area contributed by atoms with Gasteiger partial charge in [-0.25, -0.2) is 4.39 Å². The van der Waals surface area contributed by atoms with Crippen LogP contribution < -0.4 is 5.32 Å². The van der Waals surface area contributed by atoms with E-state index in [-0.39, 0.29) is 23.8 Å². The van der Waals surface area contributed by atoms with Crippen molar-refractivity contribution in [3.63, 3.8) is 0 Å².